The first-order chi connectivity index (χ1) is 22.7. The van der Waals surface area contributed by atoms with Gasteiger partial charge in [-0.1, -0.05) is 6.07 Å². The highest BCUT2D eigenvalue weighted by atomic mass is 16.2. The topological polar surface area (TPSA) is 173 Å². The highest BCUT2D eigenvalue weighted by molar-refractivity contribution is 6.13. The molecule has 3 saturated heterocycles. The smallest absolute Gasteiger partial charge is 0.236 e. The predicted octanol–water partition coefficient (Wildman–Crippen LogP) is 1.92. The number of anilines is 3. The molecule has 0 bridgehead atoms. The van der Waals surface area contributed by atoms with Crippen LogP contribution in [0.5, 0.6) is 0 Å². The number of amidine groups is 1. The summed E-state index contributed by atoms with van der Waals surface area (Å²) in [6.07, 6.45) is 6.27. The Morgan fingerprint density at radius 1 is 1.02 bits per heavy atom. The van der Waals surface area contributed by atoms with Crippen LogP contribution >= 0.6 is 0 Å². The third kappa shape index (κ3) is 6.57. The van der Waals surface area contributed by atoms with E-state index in [4.69, 9.17) is 16.9 Å². The Kier molecular flexibility index (Phi) is 8.99. The minimum atomic E-state index is -0.512. The Bertz CT molecular complexity index is 1710. The molecular formula is C34H41N11O2. The normalized spacial score (nSPS) is 20.6. The molecule has 5 heterocycles. The van der Waals surface area contributed by atoms with E-state index in [0.717, 1.165) is 35.5 Å². The summed E-state index contributed by atoms with van der Waals surface area (Å²) in [6.45, 7) is 6.68. The van der Waals surface area contributed by atoms with Crippen molar-refractivity contribution in [3.05, 3.63) is 77.2 Å². The Hall–Kier alpha value is -5.17. The number of hydrogen-bond acceptors (Lipinski definition) is 9. The van der Waals surface area contributed by atoms with Crippen LogP contribution in [0.2, 0.25) is 0 Å². The van der Waals surface area contributed by atoms with Crippen LogP contribution < -0.4 is 21.3 Å². The molecule has 13 nitrogen and oxygen atoms in total. The van der Waals surface area contributed by atoms with Crippen LogP contribution in [-0.2, 0) is 9.59 Å². The Labute approximate surface area is 274 Å². The lowest BCUT2D eigenvalue weighted by atomic mass is 9.85. The van der Waals surface area contributed by atoms with Crippen molar-refractivity contribution in [1.82, 2.24) is 19.8 Å². The fourth-order valence-corrected chi connectivity index (χ4v) is 6.62. The van der Waals surface area contributed by atoms with Gasteiger partial charge < -0.3 is 26.2 Å². The van der Waals surface area contributed by atoms with Crippen LogP contribution in [-0.4, -0.2) is 109 Å². The van der Waals surface area contributed by atoms with Gasteiger partial charge in [-0.25, -0.2) is 9.98 Å². The number of amides is 2. The summed E-state index contributed by atoms with van der Waals surface area (Å²) >= 11 is 0. The third-order valence-electron chi connectivity index (χ3n) is 9.40. The SMILES string of the molecule is CN=CN=C(N)c1ccc(N2CCN(C(=O)CN3CC[C@]4(CCN(c5ccc(N)c(C(=N)c6ccc(C)cn6)c5)C4=O)C3)CC2)nc1. The Morgan fingerprint density at radius 2 is 1.81 bits per heavy atom. The first-order valence-electron chi connectivity index (χ1n) is 15.9. The van der Waals surface area contributed by atoms with Crippen molar-refractivity contribution in [1.29, 1.82) is 5.41 Å². The number of nitrogens with zero attached hydrogens (tertiary/aromatic N) is 8. The number of benzene rings is 1. The maximum atomic E-state index is 13.9. The van der Waals surface area contributed by atoms with Gasteiger partial charge in [0.15, 0.2) is 0 Å². The summed E-state index contributed by atoms with van der Waals surface area (Å²) < 4.78 is 0. The monoisotopic (exact) mass is 635 g/mol. The van der Waals surface area contributed by atoms with E-state index < -0.39 is 5.41 Å². The van der Waals surface area contributed by atoms with E-state index in [1.165, 1.54) is 6.34 Å². The van der Waals surface area contributed by atoms with Gasteiger partial charge in [0, 0.05) is 81.2 Å². The number of piperazine rings is 1. The fraction of sp³-hybridized carbons (Fsp3) is 0.382. The van der Waals surface area contributed by atoms with Gasteiger partial charge in [-0.05, 0) is 68.3 Å². The van der Waals surface area contributed by atoms with Gasteiger partial charge in [0.25, 0.3) is 0 Å². The molecule has 0 unspecified atom stereocenters. The first kappa shape index (κ1) is 31.8. The number of likely N-dealkylation sites (tertiary alicyclic amines) is 1. The van der Waals surface area contributed by atoms with Gasteiger partial charge in [-0.2, -0.15) is 0 Å². The second-order valence-corrected chi connectivity index (χ2v) is 12.5. The Morgan fingerprint density at radius 3 is 2.51 bits per heavy atom. The summed E-state index contributed by atoms with van der Waals surface area (Å²) in [4.78, 5) is 52.0. The summed E-state index contributed by atoms with van der Waals surface area (Å²) in [5.41, 5.74) is 16.0. The maximum absolute atomic E-state index is 13.9. The van der Waals surface area contributed by atoms with Crippen LogP contribution in [0.1, 0.15) is 35.2 Å². The summed E-state index contributed by atoms with van der Waals surface area (Å²) in [5.74, 6) is 1.34. The molecule has 6 rings (SSSR count). The summed E-state index contributed by atoms with van der Waals surface area (Å²) in [7, 11) is 1.63. The molecule has 1 atom stereocenters. The number of hydrogen-bond donors (Lipinski definition) is 3. The largest absolute Gasteiger partial charge is 0.398 e. The molecule has 1 aromatic carbocycles. The highest BCUT2D eigenvalue weighted by Gasteiger charge is 2.51. The standard InChI is InChI=1S/C34H41N11O2/c1-23-3-7-28(39-18-23)31(36)26-17-25(5-6-27(26)35)45-12-10-34(33(45)47)9-11-42(21-34)20-30(46)44-15-13-43(14-16-44)29-8-4-24(19-40-29)32(37)41-22-38-2/h3-8,17-19,22,36H,9-16,20-21,35H2,1-2H3,(H2,37,38,41)/t34-/m0/s1. The Balaban J connectivity index is 1.03. The highest BCUT2D eigenvalue weighted by Crippen LogP contribution is 2.42. The van der Waals surface area contributed by atoms with E-state index in [1.807, 2.05) is 53.1 Å². The predicted molar refractivity (Wildman–Crippen MR) is 184 cm³/mol. The van der Waals surface area contributed by atoms with Crippen LogP contribution in [0.3, 0.4) is 0 Å². The second-order valence-electron chi connectivity index (χ2n) is 12.5. The number of pyridine rings is 2. The number of rotatable bonds is 8. The molecule has 3 fully saturated rings. The average molecular weight is 636 g/mol. The van der Waals surface area contributed by atoms with Crippen molar-refractivity contribution in [2.75, 3.05) is 74.9 Å². The number of aliphatic imine (C=N–C) groups is 2. The fourth-order valence-electron chi connectivity index (χ4n) is 6.62. The maximum Gasteiger partial charge on any atom is 0.236 e. The van der Waals surface area contributed by atoms with Crippen molar-refractivity contribution in [3.63, 3.8) is 0 Å². The average Bonchev–Trinajstić information content (AvgIpc) is 3.65. The van der Waals surface area contributed by atoms with Gasteiger partial charge in [0.2, 0.25) is 11.8 Å². The van der Waals surface area contributed by atoms with Gasteiger partial charge in [-0.15, -0.1) is 0 Å². The van der Waals surface area contributed by atoms with Gasteiger partial charge in [0.1, 0.15) is 18.0 Å². The third-order valence-corrected chi connectivity index (χ3v) is 9.40. The lowest BCUT2D eigenvalue weighted by Crippen LogP contribution is -2.51. The molecule has 0 radical (unpaired) electrons. The van der Waals surface area contributed by atoms with Crippen molar-refractivity contribution in [3.8, 4) is 0 Å². The van der Waals surface area contributed by atoms with Gasteiger partial charge in [-0.3, -0.25) is 29.9 Å². The van der Waals surface area contributed by atoms with E-state index in [1.54, 1.807) is 25.5 Å². The second kappa shape index (κ2) is 13.3. The minimum absolute atomic E-state index is 0.0711. The number of aryl methyl sites for hydroxylation is 1. The zero-order valence-electron chi connectivity index (χ0n) is 26.9. The van der Waals surface area contributed by atoms with Gasteiger partial charge in [0.05, 0.1) is 23.4 Å². The molecule has 3 aromatic rings. The molecule has 0 aliphatic carbocycles. The van der Waals surface area contributed by atoms with Crippen LogP contribution in [0.25, 0.3) is 0 Å². The molecule has 47 heavy (non-hydrogen) atoms. The number of carbonyl (C=O) groups excluding carboxylic acids is 2. The number of nitrogens with two attached hydrogens (primary N) is 2. The molecule has 0 saturated carbocycles. The van der Waals surface area contributed by atoms with Crippen molar-refractivity contribution < 1.29 is 9.59 Å². The van der Waals surface area contributed by atoms with Crippen LogP contribution in [0.15, 0.2) is 64.8 Å². The van der Waals surface area contributed by atoms with Crippen molar-refractivity contribution in [2.24, 2.45) is 21.1 Å². The number of carbonyl (C=O) groups is 2. The van der Waals surface area contributed by atoms with Crippen molar-refractivity contribution in [2.45, 2.75) is 19.8 Å². The lowest BCUT2D eigenvalue weighted by Gasteiger charge is -2.36. The van der Waals surface area contributed by atoms with E-state index >= 15 is 0 Å². The van der Waals surface area contributed by atoms with E-state index in [-0.39, 0.29) is 17.5 Å². The first-order valence-corrected chi connectivity index (χ1v) is 15.9. The van der Waals surface area contributed by atoms with E-state index in [0.29, 0.717) is 75.1 Å². The molecule has 1 spiro atoms. The zero-order valence-corrected chi connectivity index (χ0v) is 26.9. The molecule has 3 aliphatic heterocycles. The molecule has 3 aliphatic rings. The number of aromatic nitrogens is 2. The summed E-state index contributed by atoms with van der Waals surface area (Å²) in [5, 5.41) is 8.73. The van der Waals surface area contributed by atoms with Crippen molar-refractivity contribution >= 4 is 46.9 Å². The molecule has 244 valence electrons. The van der Waals surface area contributed by atoms with Crippen LogP contribution in [0, 0.1) is 17.7 Å². The number of nitrogens with one attached hydrogen (secondary N) is 1. The van der Waals surface area contributed by atoms with E-state index in [2.05, 4.69) is 29.8 Å². The van der Waals surface area contributed by atoms with E-state index in [9.17, 15) is 9.59 Å². The molecule has 2 amide bonds. The minimum Gasteiger partial charge on any atom is -0.398 e. The quantitative estimate of drug-likeness (QED) is 0.191. The van der Waals surface area contributed by atoms with Crippen LogP contribution in [0.4, 0.5) is 17.2 Å². The zero-order chi connectivity index (χ0) is 33.1. The lowest BCUT2D eigenvalue weighted by molar-refractivity contribution is -0.133. The molecule has 13 heteroatoms. The molecule has 2 aromatic heterocycles. The molecule has 5 N–H and O–H groups in total. The van der Waals surface area contributed by atoms with Gasteiger partial charge >= 0.3 is 0 Å². The number of nitrogen functional groups attached to an aromatic ring is 1. The summed E-state index contributed by atoms with van der Waals surface area (Å²) in [6, 6.07) is 12.9. The molecular weight excluding hydrogens is 594 g/mol.